The van der Waals surface area contributed by atoms with E-state index in [2.05, 4.69) is 20.7 Å². The Bertz CT molecular complexity index is 835. The number of thiophene rings is 1. The number of aromatic amines is 1. The second-order valence-electron chi connectivity index (χ2n) is 5.05. The summed E-state index contributed by atoms with van der Waals surface area (Å²) < 4.78 is 0. The van der Waals surface area contributed by atoms with Crippen molar-refractivity contribution in [2.45, 2.75) is 13.8 Å². The van der Waals surface area contributed by atoms with Crippen LogP contribution < -0.4 is 5.43 Å². The number of carbonyl (C=O) groups is 1. The fourth-order valence-electron chi connectivity index (χ4n) is 2.23. The molecule has 3 rings (SSSR count). The summed E-state index contributed by atoms with van der Waals surface area (Å²) in [5, 5.41) is 13.2. The molecule has 1 amide bonds. The number of carbonyl (C=O) groups excluding carboxylic acids is 1. The molecule has 0 fully saturated rings. The molecule has 5 nitrogen and oxygen atoms in total. The van der Waals surface area contributed by atoms with Gasteiger partial charge in [-0.25, -0.2) is 5.43 Å². The molecule has 0 spiro atoms. The standard InChI is InChI=1S/C17H16N4OS/c1-11-15(13-7-4-3-5-8-13)19-20-16(11)17(22)21-18-12(2)14-9-6-10-23-14/h3-10H,1-2H3,(H,19,20)(H,21,22)/b18-12-. The number of H-pyrrole nitrogens is 1. The van der Waals surface area contributed by atoms with E-state index in [1.165, 1.54) is 0 Å². The molecule has 2 N–H and O–H groups in total. The lowest BCUT2D eigenvalue weighted by Crippen LogP contribution is -2.20. The van der Waals surface area contributed by atoms with E-state index in [9.17, 15) is 4.79 Å². The maximum absolute atomic E-state index is 12.3. The van der Waals surface area contributed by atoms with Gasteiger partial charge in [0, 0.05) is 16.0 Å². The third-order valence-electron chi connectivity index (χ3n) is 3.49. The molecule has 0 aliphatic heterocycles. The van der Waals surface area contributed by atoms with Gasteiger partial charge in [-0.1, -0.05) is 36.4 Å². The van der Waals surface area contributed by atoms with E-state index in [-0.39, 0.29) is 5.91 Å². The van der Waals surface area contributed by atoms with Crippen molar-refractivity contribution in [3.05, 3.63) is 64.0 Å². The Morgan fingerprint density at radius 3 is 2.70 bits per heavy atom. The van der Waals surface area contributed by atoms with Crippen molar-refractivity contribution in [1.29, 1.82) is 0 Å². The van der Waals surface area contributed by atoms with Crippen molar-refractivity contribution in [3.63, 3.8) is 0 Å². The largest absolute Gasteiger partial charge is 0.289 e. The maximum atomic E-state index is 12.3. The van der Waals surface area contributed by atoms with Gasteiger partial charge in [-0.2, -0.15) is 10.2 Å². The number of nitrogens with zero attached hydrogens (tertiary/aromatic N) is 2. The van der Waals surface area contributed by atoms with E-state index >= 15 is 0 Å². The number of hydrazone groups is 1. The lowest BCUT2D eigenvalue weighted by atomic mass is 10.1. The maximum Gasteiger partial charge on any atom is 0.289 e. The number of amides is 1. The van der Waals surface area contributed by atoms with Crippen LogP contribution in [0.3, 0.4) is 0 Å². The van der Waals surface area contributed by atoms with E-state index in [0.717, 1.165) is 27.4 Å². The number of nitrogens with one attached hydrogen (secondary N) is 2. The van der Waals surface area contributed by atoms with E-state index < -0.39 is 0 Å². The first-order chi connectivity index (χ1) is 11.2. The molecule has 0 unspecified atom stereocenters. The summed E-state index contributed by atoms with van der Waals surface area (Å²) in [6, 6.07) is 13.7. The lowest BCUT2D eigenvalue weighted by molar-refractivity contribution is 0.0949. The van der Waals surface area contributed by atoms with Crippen LogP contribution in [0.2, 0.25) is 0 Å². The highest BCUT2D eigenvalue weighted by atomic mass is 32.1. The van der Waals surface area contributed by atoms with Gasteiger partial charge in [0.15, 0.2) is 0 Å². The Labute approximate surface area is 138 Å². The number of benzene rings is 1. The third-order valence-corrected chi connectivity index (χ3v) is 4.47. The Kier molecular flexibility index (Phi) is 4.34. The Hall–Kier alpha value is -2.73. The molecule has 3 aromatic rings. The van der Waals surface area contributed by atoms with Gasteiger partial charge in [0.25, 0.3) is 5.91 Å². The molecular weight excluding hydrogens is 308 g/mol. The summed E-state index contributed by atoms with van der Waals surface area (Å²) in [5.41, 5.74) is 6.32. The molecule has 0 saturated heterocycles. The molecule has 116 valence electrons. The fraction of sp³-hybridized carbons (Fsp3) is 0.118. The molecule has 1 aromatic carbocycles. The van der Waals surface area contributed by atoms with Gasteiger partial charge >= 0.3 is 0 Å². The molecule has 2 aromatic heterocycles. The summed E-state index contributed by atoms with van der Waals surface area (Å²) in [5.74, 6) is -0.298. The van der Waals surface area contributed by atoms with Gasteiger partial charge in [0.2, 0.25) is 0 Å². The van der Waals surface area contributed by atoms with Gasteiger partial charge < -0.3 is 0 Å². The van der Waals surface area contributed by atoms with E-state index in [0.29, 0.717) is 5.69 Å². The van der Waals surface area contributed by atoms with Gasteiger partial charge in [0.05, 0.1) is 11.4 Å². The molecule has 0 aliphatic rings. The average molecular weight is 324 g/mol. The van der Waals surface area contributed by atoms with Gasteiger partial charge in [-0.3, -0.25) is 9.89 Å². The molecule has 0 aliphatic carbocycles. The van der Waals surface area contributed by atoms with Crippen LogP contribution in [0.4, 0.5) is 0 Å². The first-order valence-corrected chi connectivity index (χ1v) is 8.03. The van der Waals surface area contributed by atoms with Gasteiger partial charge in [-0.15, -0.1) is 11.3 Å². The molecule has 0 radical (unpaired) electrons. The molecule has 0 bridgehead atoms. The Morgan fingerprint density at radius 1 is 1.22 bits per heavy atom. The van der Waals surface area contributed by atoms with Crippen LogP contribution in [0, 0.1) is 6.92 Å². The highest BCUT2D eigenvalue weighted by molar-refractivity contribution is 7.12. The smallest absolute Gasteiger partial charge is 0.272 e. The first-order valence-electron chi connectivity index (χ1n) is 7.15. The van der Waals surface area contributed by atoms with E-state index in [1.54, 1.807) is 11.3 Å². The van der Waals surface area contributed by atoms with E-state index in [1.807, 2.05) is 61.7 Å². The lowest BCUT2D eigenvalue weighted by Gasteiger charge is -2.01. The van der Waals surface area contributed by atoms with Crippen LogP contribution in [-0.4, -0.2) is 21.8 Å². The van der Waals surface area contributed by atoms with E-state index in [4.69, 9.17) is 0 Å². The third kappa shape index (κ3) is 3.22. The van der Waals surface area contributed by atoms with Crippen molar-refractivity contribution >= 4 is 23.0 Å². The van der Waals surface area contributed by atoms with Crippen molar-refractivity contribution < 1.29 is 4.79 Å². The van der Waals surface area contributed by atoms with Crippen LogP contribution in [0.1, 0.15) is 27.9 Å². The zero-order valence-electron chi connectivity index (χ0n) is 12.8. The molecule has 0 saturated carbocycles. The monoisotopic (exact) mass is 324 g/mol. The molecule has 2 heterocycles. The average Bonchev–Trinajstić information content (AvgIpc) is 3.23. The highest BCUT2D eigenvalue weighted by Gasteiger charge is 2.16. The minimum atomic E-state index is -0.298. The molecular formula is C17H16N4OS. The normalized spacial score (nSPS) is 11.5. The molecule has 23 heavy (non-hydrogen) atoms. The topological polar surface area (TPSA) is 70.1 Å². The second kappa shape index (κ2) is 6.58. The minimum Gasteiger partial charge on any atom is -0.272 e. The highest BCUT2D eigenvalue weighted by Crippen LogP contribution is 2.22. The number of rotatable bonds is 4. The van der Waals surface area contributed by atoms with Gasteiger partial charge in [0.1, 0.15) is 5.69 Å². The zero-order chi connectivity index (χ0) is 16.2. The van der Waals surface area contributed by atoms with Crippen molar-refractivity contribution in [3.8, 4) is 11.3 Å². The Balaban J connectivity index is 1.79. The van der Waals surface area contributed by atoms with Crippen LogP contribution in [0.25, 0.3) is 11.3 Å². The van der Waals surface area contributed by atoms with Crippen LogP contribution in [0.5, 0.6) is 0 Å². The number of hydrogen-bond acceptors (Lipinski definition) is 4. The fourth-order valence-corrected chi connectivity index (χ4v) is 2.90. The molecule has 6 heteroatoms. The zero-order valence-corrected chi connectivity index (χ0v) is 13.6. The summed E-state index contributed by atoms with van der Waals surface area (Å²) in [4.78, 5) is 13.3. The van der Waals surface area contributed by atoms with Crippen molar-refractivity contribution in [2.75, 3.05) is 0 Å². The number of aromatic nitrogens is 2. The van der Waals surface area contributed by atoms with Crippen LogP contribution in [0.15, 0.2) is 52.9 Å². The SMILES string of the molecule is C/C(=N/NC(=O)c1[nH]nc(-c2ccccc2)c1C)c1cccs1. The Morgan fingerprint density at radius 2 is 2.00 bits per heavy atom. The molecule has 0 atom stereocenters. The predicted molar refractivity (Wildman–Crippen MR) is 92.8 cm³/mol. The van der Waals surface area contributed by atoms with Crippen molar-refractivity contribution in [2.24, 2.45) is 5.10 Å². The summed E-state index contributed by atoms with van der Waals surface area (Å²) >= 11 is 1.58. The van der Waals surface area contributed by atoms with Gasteiger partial charge in [-0.05, 0) is 25.3 Å². The number of hydrogen-bond donors (Lipinski definition) is 2. The van der Waals surface area contributed by atoms with Crippen molar-refractivity contribution in [1.82, 2.24) is 15.6 Å². The minimum absolute atomic E-state index is 0.298. The summed E-state index contributed by atoms with van der Waals surface area (Å²) in [7, 11) is 0. The van der Waals surface area contributed by atoms with Crippen LogP contribution >= 0.6 is 11.3 Å². The second-order valence-corrected chi connectivity index (χ2v) is 6.00. The quantitative estimate of drug-likeness (QED) is 0.568. The van der Waals surface area contributed by atoms with Crippen LogP contribution in [-0.2, 0) is 0 Å². The predicted octanol–water partition coefficient (Wildman–Crippen LogP) is 3.60. The first kappa shape index (κ1) is 15.2. The summed E-state index contributed by atoms with van der Waals surface area (Å²) in [6.45, 7) is 3.73. The summed E-state index contributed by atoms with van der Waals surface area (Å²) in [6.07, 6.45) is 0.